The Bertz CT molecular complexity index is 852. The second-order valence-electron chi connectivity index (χ2n) is 8.36. The number of nitrogens with zero attached hydrogens (tertiary/aromatic N) is 5. The number of aromatic amines is 1. The van der Waals surface area contributed by atoms with E-state index in [1.54, 1.807) is 12.4 Å². The Morgan fingerprint density at radius 1 is 1.25 bits per heavy atom. The average molecular weight is 384 g/mol. The molecule has 2 aromatic heterocycles. The van der Waals surface area contributed by atoms with Crippen LogP contribution >= 0.6 is 0 Å². The maximum Gasteiger partial charge on any atom is 0.257 e. The zero-order valence-electron chi connectivity index (χ0n) is 16.8. The van der Waals surface area contributed by atoms with Gasteiger partial charge in [-0.1, -0.05) is 0 Å². The number of anilines is 1. The van der Waals surface area contributed by atoms with Crippen molar-refractivity contribution in [3.05, 3.63) is 35.0 Å². The molecule has 0 aliphatic carbocycles. The van der Waals surface area contributed by atoms with Crippen LogP contribution in [-0.2, 0) is 0 Å². The topological polar surface area (TPSA) is 98.2 Å². The number of rotatable bonds is 2. The molecule has 1 unspecified atom stereocenters. The fourth-order valence-corrected chi connectivity index (χ4v) is 4.70. The van der Waals surface area contributed by atoms with E-state index in [2.05, 4.69) is 25.1 Å². The Hall–Kier alpha value is -2.48. The second-order valence-corrected chi connectivity index (χ2v) is 8.36. The third-order valence-electron chi connectivity index (χ3n) is 6.15. The zero-order chi connectivity index (χ0) is 19.9. The summed E-state index contributed by atoms with van der Waals surface area (Å²) in [5.74, 6) is 0.873. The predicted octanol–water partition coefficient (Wildman–Crippen LogP) is 1.62. The highest BCUT2D eigenvalue weighted by Crippen LogP contribution is 2.41. The van der Waals surface area contributed by atoms with Crippen molar-refractivity contribution in [2.45, 2.75) is 46.1 Å². The number of β-amino-alcohol motifs (C(OH)–C–C–N with tert-alkyl or cyclic N) is 1. The summed E-state index contributed by atoms with van der Waals surface area (Å²) in [6, 6.07) is 0. The van der Waals surface area contributed by atoms with Crippen molar-refractivity contribution >= 4 is 11.7 Å². The molecule has 28 heavy (non-hydrogen) atoms. The number of hydrogen-bond donors (Lipinski definition) is 2. The molecule has 1 spiro atoms. The van der Waals surface area contributed by atoms with Gasteiger partial charge in [0.1, 0.15) is 5.82 Å². The highest BCUT2D eigenvalue weighted by atomic mass is 16.3. The number of carbonyl (C=O) groups is 1. The highest BCUT2D eigenvalue weighted by molar-refractivity contribution is 5.96. The van der Waals surface area contributed by atoms with E-state index in [0.717, 1.165) is 48.7 Å². The summed E-state index contributed by atoms with van der Waals surface area (Å²) in [7, 11) is 0. The van der Waals surface area contributed by atoms with Crippen LogP contribution in [0.3, 0.4) is 0 Å². The van der Waals surface area contributed by atoms with Gasteiger partial charge < -0.3 is 14.9 Å². The van der Waals surface area contributed by atoms with Crippen LogP contribution < -0.4 is 4.90 Å². The number of H-pyrrole nitrogens is 1. The first-order chi connectivity index (χ1) is 13.4. The number of hydrogen-bond acceptors (Lipinski definition) is 6. The SMILES string of the molecule is Cc1cncc(N2CC(O)CC3(CCN(C(=O)c4c(C)n[nH]c4C)CC3)C2)n1. The van der Waals surface area contributed by atoms with Gasteiger partial charge in [0.05, 0.1) is 29.3 Å². The van der Waals surface area contributed by atoms with Crippen molar-refractivity contribution < 1.29 is 9.90 Å². The van der Waals surface area contributed by atoms with Crippen molar-refractivity contribution in [1.82, 2.24) is 25.1 Å². The lowest BCUT2D eigenvalue weighted by Crippen LogP contribution is -2.54. The van der Waals surface area contributed by atoms with E-state index >= 15 is 0 Å². The number of aliphatic hydroxyl groups is 1. The van der Waals surface area contributed by atoms with Crippen LogP contribution in [0, 0.1) is 26.2 Å². The Balaban J connectivity index is 1.47. The monoisotopic (exact) mass is 384 g/mol. The number of amides is 1. The van der Waals surface area contributed by atoms with Crippen LogP contribution in [-0.4, -0.2) is 68.4 Å². The van der Waals surface area contributed by atoms with Gasteiger partial charge in [-0.3, -0.25) is 14.9 Å². The van der Waals surface area contributed by atoms with E-state index in [9.17, 15) is 9.90 Å². The molecule has 4 heterocycles. The van der Waals surface area contributed by atoms with Crippen LogP contribution in [0.5, 0.6) is 0 Å². The van der Waals surface area contributed by atoms with Gasteiger partial charge in [0.25, 0.3) is 5.91 Å². The Morgan fingerprint density at radius 2 is 2.00 bits per heavy atom. The van der Waals surface area contributed by atoms with Crippen LogP contribution in [0.25, 0.3) is 0 Å². The number of carbonyl (C=O) groups excluding carboxylic acids is 1. The summed E-state index contributed by atoms with van der Waals surface area (Å²) >= 11 is 0. The molecule has 1 atom stereocenters. The summed E-state index contributed by atoms with van der Waals surface area (Å²) in [5, 5.41) is 17.6. The van der Waals surface area contributed by atoms with Gasteiger partial charge in [0.2, 0.25) is 0 Å². The van der Waals surface area contributed by atoms with E-state index in [4.69, 9.17) is 0 Å². The molecule has 0 radical (unpaired) electrons. The molecule has 8 nitrogen and oxygen atoms in total. The molecule has 0 saturated carbocycles. The molecule has 1 amide bonds. The number of aryl methyl sites for hydroxylation is 3. The van der Waals surface area contributed by atoms with Gasteiger partial charge in [0, 0.05) is 38.1 Å². The van der Waals surface area contributed by atoms with Crippen molar-refractivity contribution in [3.63, 3.8) is 0 Å². The van der Waals surface area contributed by atoms with Gasteiger partial charge >= 0.3 is 0 Å². The summed E-state index contributed by atoms with van der Waals surface area (Å²) < 4.78 is 0. The van der Waals surface area contributed by atoms with Crippen LogP contribution in [0.4, 0.5) is 5.82 Å². The molecule has 2 N–H and O–H groups in total. The first-order valence-corrected chi connectivity index (χ1v) is 9.89. The van der Waals surface area contributed by atoms with E-state index in [1.807, 2.05) is 25.7 Å². The molecule has 2 fully saturated rings. The van der Waals surface area contributed by atoms with Crippen molar-refractivity contribution in [2.75, 3.05) is 31.1 Å². The first-order valence-electron chi connectivity index (χ1n) is 9.89. The van der Waals surface area contributed by atoms with E-state index in [-0.39, 0.29) is 11.3 Å². The molecule has 2 saturated heterocycles. The highest BCUT2D eigenvalue weighted by Gasteiger charge is 2.43. The van der Waals surface area contributed by atoms with Gasteiger partial charge in [-0.05, 0) is 45.4 Å². The molecule has 8 heteroatoms. The Kier molecular flexibility index (Phi) is 4.82. The maximum absolute atomic E-state index is 12.9. The third-order valence-corrected chi connectivity index (χ3v) is 6.15. The summed E-state index contributed by atoms with van der Waals surface area (Å²) in [4.78, 5) is 25.9. The van der Waals surface area contributed by atoms with Gasteiger partial charge in [-0.15, -0.1) is 0 Å². The molecular weight excluding hydrogens is 356 g/mol. The summed E-state index contributed by atoms with van der Waals surface area (Å²) in [6.45, 7) is 8.49. The quantitative estimate of drug-likeness (QED) is 0.816. The van der Waals surface area contributed by atoms with Crippen molar-refractivity contribution in [2.24, 2.45) is 5.41 Å². The number of nitrogens with one attached hydrogen (secondary N) is 1. The van der Waals surface area contributed by atoms with Crippen LogP contribution in [0.1, 0.15) is 46.7 Å². The normalized spacial score (nSPS) is 21.9. The van der Waals surface area contributed by atoms with E-state index in [1.165, 1.54) is 0 Å². The predicted molar refractivity (Wildman–Crippen MR) is 105 cm³/mol. The van der Waals surface area contributed by atoms with E-state index in [0.29, 0.717) is 25.2 Å². The molecule has 4 rings (SSSR count). The largest absolute Gasteiger partial charge is 0.391 e. The first kappa shape index (κ1) is 18.9. The fourth-order valence-electron chi connectivity index (χ4n) is 4.70. The second kappa shape index (κ2) is 7.16. The van der Waals surface area contributed by atoms with Gasteiger partial charge in [0.15, 0.2) is 0 Å². The molecule has 0 aromatic carbocycles. The molecule has 2 aliphatic heterocycles. The minimum atomic E-state index is -0.392. The zero-order valence-corrected chi connectivity index (χ0v) is 16.8. The average Bonchev–Trinajstić information content (AvgIpc) is 2.99. The molecular formula is C20H28N6O2. The number of aromatic nitrogens is 4. The van der Waals surface area contributed by atoms with Crippen LogP contribution in [0.2, 0.25) is 0 Å². The standard InChI is InChI=1S/C20H28N6O2/c1-13-9-21-10-17(22-13)26-11-16(27)8-20(12-26)4-6-25(7-5-20)19(28)18-14(2)23-24-15(18)3/h9-10,16,27H,4-8,11-12H2,1-3H3,(H,23,24). The van der Waals surface area contributed by atoms with Gasteiger partial charge in [-0.2, -0.15) is 5.10 Å². The Morgan fingerprint density at radius 3 is 2.64 bits per heavy atom. The lowest BCUT2D eigenvalue weighted by Gasteiger charge is -2.49. The third kappa shape index (κ3) is 3.48. The smallest absolute Gasteiger partial charge is 0.257 e. The lowest BCUT2D eigenvalue weighted by molar-refractivity contribution is 0.0246. The minimum absolute atomic E-state index is 0.000355. The lowest BCUT2D eigenvalue weighted by atomic mass is 9.71. The van der Waals surface area contributed by atoms with Gasteiger partial charge in [-0.25, -0.2) is 4.98 Å². The molecule has 2 aromatic rings. The number of piperidine rings is 2. The minimum Gasteiger partial charge on any atom is -0.391 e. The van der Waals surface area contributed by atoms with Crippen molar-refractivity contribution in [1.29, 1.82) is 0 Å². The number of aliphatic hydroxyl groups excluding tert-OH is 1. The molecule has 0 bridgehead atoms. The summed E-state index contributed by atoms with van der Waals surface area (Å²) in [6.07, 6.45) is 5.64. The molecule has 2 aliphatic rings. The fraction of sp³-hybridized carbons (Fsp3) is 0.600. The van der Waals surface area contributed by atoms with Crippen LogP contribution in [0.15, 0.2) is 12.4 Å². The summed E-state index contributed by atoms with van der Waals surface area (Å²) in [5.41, 5.74) is 3.13. The Labute approximate surface area is 165 Å². The van der Waals surface area contributed by atoms with Crippen molar-refractivity contribution in [3.8, 4) is 0 Å². The number of likely N-dealkylation sites (tertiary alicyclic amines) is 1. The maximum atomic E-state index is 12.9. The molecule has 150 valence electrons. The van der Waals surface area contributed by atoms with E-state index < -0.39 is 6.10 Å².